The van der Waals surface area contributed by atoms with E-state index in [1.54, 1.807) is 7.11 Å². The highest BCUT2D eigenvalue weighted by Crippen LogP contribution is 2.18. The Morgan fingerprint density at radius 1 is 0.944 bits per heavy atom. The minimum Gasteiger partial charge on any atom is -0.383 e. The molecular weight excluding hydrogens is 226 g/mol. The largest absolute Gasteiger partial charge is 0.383 e. The Balaban J connectivity index is 1.61. The summed E-state index contributed by atoms with van der Waals surface area (Å²) in [5, 5.41) is 0. The van der Waals surface area contributed by atoms with Crippen LogP contribution in [-0.4, -0.2) is 87.8 Å². The average molecular weight is 255 g/mol. The van der Waals surface area contributed by atoms with Crippen molar-refractivity contribution in [3.8, 4) is 0 Å². The Labute approximate surface area is 112 Å². The fourth-order valence-electron chi connectivity index (χ4n) is 3.01. The molecule has 2 heterocycles. The van der Waals surface area contributed by atoms with E-state index in [0.29, 0.717) is 0 Å². The fourth-order valence-corrected chi connectivity index (χ4v) is 3.01. The standard InChI is InChI=1S/C14H29N3O/c1-15-7-9-17(10-8-15)13-14-3-5-16(6-4-14)11-12-18-2/h14H,3-13H2,1-2H3. The van der Waals surface area contributed by atoms with Gasteiger partial charge in [-0.05, 0) is 38.9 Å². The van der Waals surface area contributed by atoms with E-state index in [1.807, 2.05) is 0 Å². The van der Waals surface area contributed by atoms with E-state index in [4.69, 9.17) is 4.74 Å². The summed E-state index contributed by atoms with van der Waals surface area (Å²) in [7, 11) is 4.02. The lowest BCUT2D eigenvalue weighted by Crippen LogP contribution is -2.47. The molecule has 18 heavy (non-hydrogen) atoms. The number of methoxy groups -OCH3 is 1. The number of rotatable bonds is 5. The highest BCUT2D eigenvalue weighted by molar-refractivity contribution is 4.77. The molecule has 0 bridgehead atoms. The maximum Gasteiger partial charge on any atom is 0.0589 e. The van der Waals surface area contributed by atoms with Gasteiger partial charge in [0.1, 0.15) is 0 Å². The molecular formula is C14H29N3O. The van der Waals surface area contributed by atoms with E-state index in [2.05, 4.69) is 21.7 Å². The third kappa shape index (κ3) is 4.50. The van der Waals surface area contributed by atoms with E-state index in [0.717, 1.165) is 19.1 Å². The molecule has 4 heteroatoms. The Morgan fingerprint density at radius 2 is 1.61 bits per heavy atom. The molecule has 0 saturated carbocycles. The second kappa shape index (κ2) is 7.43. The lowest BCUT2D eigenvalue weighted by atomic mass is 9.96. The first-order valence-corrected chi connectivity index (χ1v) is 7.40. The van der Waals surface area contributed by atoms with Gasteiger partial charge in [0, 0.05) is 46.4 Å². The lowest BCUT2D eigenvalue weighted by molar-refractivity contribution is 0.0906. The fraction of sp³-hybridized carbons (Fsp3) is 1.00. The molecule has 0 amide bonds. The van der Waals surface area contributed by atoms with Crippen LogP contribution in [0.3, 0.4) is 0 Å². The van der Waals surface area contributed by atoms with Crippen molar-refractivity contribution in [3.05, 3.63) is 0 Å². The number of hydrogen-bond acceptors (Lipinski definition) is 4. The number of piperidine rings is 1. The summed E-state index contributed by atoms with van der Waals surface area (Å²) < 4.78 is 5.15. The van der Waals surface area contributed by atoms with Crippen LogP contribution in [0.5, 0.6) is 0 Å². The number of hydrogen-bond donors (Lipinski definition) is 0. The molecule has 0 unspecified atom stereocenters. The van der Waals surface area contributed by atoms with Crippen LogP contribution in [0.2, 0.25) is 0 Å². The Bertz CT molecular complexity index is 221. The maximum absolute atomic E-state index is 5.15. The van der Waals surface area contributed by atoms with Crippen molar-refractivity contribution in [2.75, 3.05) is 73.1 Å². The molecule has 0 aliphatic carbocycles. The number of piperazine rings is 1. The molecule has 2 aliphatic rings. The normalized spacial score (nSPS) is 25.7. The monoisotopic (exact) mass is 255 g/mol. The predicted octanol–water partition coefficient (Wildman–Crippen LogP) is 0.592. The lowest BCUT2D eigenvalue weighted by Gasteiger charge is -2.37. The van der Waals surface area contributed by atoms with Gasteiger partial charge >= 0.3 is 0 Å². The molecule has 2 saturated heterocycles. The second-order valence-corrected chi connectivity index (χ2v) is 5.88. The van der Waals surface area contributed by atoms with Gasteiger partial charge in [-0.3, -0.25) is 0 Å². The van der Waals surface area contributed by atoms with E-state index < -0.39 is 0 Å². The van der Waals surface area contributed by atoms with Crippen LogP contribution in [0.15, 0.2) is 0 Å². The smallest absolute Gasteiger partial charge is 0.0589 e. The molecule has 0 spiro atoms. The molecule has 0 atom stereocenters. The first-order chi connectivity index (χ1) is 8.78. The van der Waals surface area contributed by atoms with Crippen molar-refractivity contribution < 1.29 is 4.74 Å². The van der Waals surface area contributed by atoms with Gasteiger partial charge in [-0.25, -0.2) is 0 Å². The van der Waals surface area contributed by atoms with Crippen LogP contribution in [0.1, 0.15) is 12.8 Å². The molecule has 2 aliphatic heterocycles. The molecule has 2 rings (SSSR count). The summed E-state index contributed by atoms with van der Waals surface area (Å²) in [6.07, 6.45) is 2.74. The van der Waals surface area contributed by atoms with Gasteiger partial charge in [-0.1, -0.05) is 0 Å². The van der Waals surface area contributed by atoms with Crippen LogP contribution in [0.25, 0.3) is 0 Å². The zero-order chi connectivity index (χ0) is 12.8. The van der Waals surface area contributed by atoms with Crippen LogP contribution in [0.4, 0.5) is 0 Å². The van der Waals surface area contributed by atoms with E-state index >= 15 is 0 Å². The van der Waals surface area contributed by atoms with Gasteiger partial charge in [0.15, 0.2) is 0 Å². The highest BCUT2D eigenvalue weighted by atomic mass is 16.5. The molecule has 2 fully saturated rings. The van der Waals surface area contributed by atoms with E-state index in [1.165, 1.54) is 58.7 Å². The topological polar surface area (TPSA) is 19.0 Å². The minimum absolute atomic E-state index is 0.878. The maximum atomic E-state index is 5.15. The number of nitrogens with zero attached hydrogens (tertiary/aromatic N) is 3. The van der Waals surface area contributed by atoms with Crippen LogP contribution in [0, 0.1) is 5.92 Å². The third-order valence-electron chi connectivity index (χ3n) is 4.43. The molecule has 0 radical (unpaired) electrons. The van der Waals surface area contributed by atoms with Gasteiger partial charge < -0.3 is 19.4 Å². The van der Waals surface area contributed by atoms with Crippen molar-refractivity contribution >= 4 is 0 Å². The van der Waals surface area contributed by atoms with Gasteiger partial charge in [-0.15, -0.1) is 0 Å². The van der Waals surface area contributed by atoms with Crippen LogP contribution < -0.4 is 0 Å². The number of likely N-dealkylation sites (tertiary alicyclic amines) is 1. The summed E-state index contributed by atoms with van der Waals surface area (Å²) in [4.78, 5) is 7.64. The van der Waals surface area contributed by atoms with Crippen molar-refractivity contribution in [1.82, 2.24) is 14.7 Å². The Morgan fingerprint density at radius 3 is 2.22 bits per heavy atom. The summed E-state index contributed by atoms with van der Waals surface area (Å²) in [5.41, 5.74) is 0. The van der Waals surface area contributed by atoms with E-state index in [9.17, 15) is 0 Å². The van der Waals surface area contributed by atoms with Crippen molar-refractivity contribution in [2.45, 2.75) is 12.8 Å². The minimum atomic E-state index is 0.878. The predicted molar refractivity (Wildman–Crippen MR) is 75.0 cm³/mol. The summed E-state index contributed by atoms with van der Waals surface area (Å²) in [6, 6.07) is 0. The van der Waals surface area contributed by atoms with E-state index in [-0.39, 0.29) is 0 Å². The van der Waals surface area contributed by atoms with Crippen molar-refractivity contribution in [3.63, 3.8) is 0 Å². The zero-order valence-electron chi connectivity index (χ0n) is 12.1. The quantitative estimate of drug-likeness (QED) is 0.716. The summed E-state index contributed by atoms with van der Waals surface area (Å²) >= 11 is 0. The molecule has 106 valence electrons. The van der Waals surface area contributed by atoms with Crippen molar-refractivity contribution in [1.29, 1.82) is 0 Å². The van der Waals surface area contributed by atoms with Gasteiger partial charge in [0.2, 0.25) is 0 Å². The number of ether oxygens (including phenoxy) is 1. The molecule has 0 aromatic carbocycles. The first-order valence-electron chi connectivity index (χ1n) is 7.40. The average Bonchev–Trinajstić information content (AvgIpc) is 2.41. The van der Waals surface area contributed by atoms with Gasteiger partial charge in [0.25, 0.3) is 0 Å². The molecule has 0 N–H and O–H groups in total. The Kier molecular flexibility index (Phi) is 5.89. The molecule has 0 aromatic rings. The second-order valence-electron chi connectivity index (χ2n) is 5.88. The molecule has 0 aromatic heterocycles. The summed E-state index contributed by atoms with van der Waals surface area (Å²) in [6.45, 7) is 10.9. The first kappa shape index (κ1) is 14.3. The SMILES string of the molecule is COCCN1CCC(CN2CCN(C)CC2)CC1. The highest BCUT2D eigenvalue weighted by Gasteiger charge is 2.22. The summed E-state index contributed by atoms with van der Waals surface area (Å²) in [5.74, 6) is 0.923. The molecule has 4 nitrogen and oxygen atoms in total. The Hall–Kier alpha value is -0.160. The van der Waals surface area contributed by atoms with Crippen molar-refractivity contribution in [2.24, 2.45) is 5.92 Å². The van der Waals surface area contributed by atoms with Gasteiger partial charge in [0.05, 0.1) is 6.61 Å². The third-order valence-corrected chi connectivity index (χ3v) is 4.43. The zero-order valence-corrected chi connectivity index (χ0v) is 12.1. The van der Waals surface area contributed by atoms with Crippen LogP contribution >= 0.6 is 0 Å². The number of likely N-dealkylation sites (N-methyl/N-ethyl adjacent to an activating group) is 1. The van der Waals surface area contributed by atoms with Crippen LogP contribution in [-0.2, 0) is 4.74 Å². The van der Waals surface area contributed by atoms with Gasteiger partial charge in [-0.2, -0.15) is 0 Å².